The summed E-state index contributed by atoms with van der Waals surface area (Å²) in [5.41, 5.74) is 5.57. The first-order chi connectivity index (χ1) is 17.6. The Morgan fingerprint density at radius 2 is 1.61 bits per heavy atom. The molecular formula is C31H29ClN2O2. The van der Waals surface area contributed by atoms with Gasteiger partial charge in [-0.25, -0.2) is 0 Å². The molecule has 1 heterocycles. The number of nitrogens with one attached hydrogen (secondary N) is 1. The van der Waals surface area contributed by atoms with E-state index in [0.29, 0.717) is 17.2 Å². The van der Waals surface area contributed by atoms with E-state index in [1.54, 1.807) is 0 Å². The van der Waals surface area contributed by atoms with Crippen molar-refractivity contribution in [2.45, 2.75) is 39.0 Å². The largest absolute Gasteiger partial charge is 0.489 e. The summed E-state index contributed by atoms with van der Waals surface area (Å²) < 4.78 is 5.96. The van der Waals surface area contributed by atoms with Gasteiger partial charge in [-0.3, -0.25) is 9.69 Å². The maximum absolute atomic E-state index is 13.7. The van der Waals surface area contributed by atoms with Crippen LogP contribution < -0.4 is 15.0 Å². The molecule has 0 radical (unpaired) electrons. The number of ether oxygens (including phenoxy) is 1. The molecule has 182 valence electrons. The Balaban J connectivity index is 1.41. The fourth-order valence-corrected chi connectivity index (χ4v) is 4.67. The molecule has 5 heteroatoms. The van der Waals surface area contributed by atoms with E-state index in [9.17, 15) is 4.79 Å². The Hall–Kier alpha value is -3.76. The van der Waals surface area contributed by atoms with E-state index in [0.717, 1.165) is 47.5 Å². The third kappa shape index (κ3) is 5.09. The minimum absolute atomic E-state index is 0.0188. The van der Waals surface area contributed by atoms with Gasteiger partial charge in [0.15, 0.2) is 0 Å². The quantitative estimate of drug-likeness (QED) is 0.268. The lowest BCUT2D eigenvalue weighted by Crippen LogP contribution is -2.43. The number of hydrogen-bond donors (Lipinski definition) is 1. The van der Waals surface area contributed by atoms with Gasteiger partial charge >= 0.3 is 0 Å². The number of rotatable bonds is 8. The first kappa shape index (κ1) is 24.0. The number of hydrogen-bond acceptors (Lipinski definition) is 3. The number of para-hydroxylation sites is 1. The van der Waals surface area contributed by atoms with Gasteiger partial charge in [-0.2, -0.15) is 0 Å². The van der Waals surface area contributed by atoms with Crippen molar-refractivity contribution in [2.75, 3.05) is 10.2 Å². The average Bonchev–Trinajstić information content (AvgIpc) is 2.92. The van der Waals surface area contributed by atoms with Crippen molar-refractivity contribution in [1.82, 2.24) is 0 Å². The molecule has 1 unspecified atom stereocenters. The number of benzene rings is 4. The summed E-state index contributed by atoms with van der Waals surface area (Å²) in [5.74, 6) is 0.725. The van der Waals surface area contributed by atoms with Crippen LogP contribution in [-0.2, 0) is 13.0 Å². The van der Waals surface area contributed by atoms with Gasteiger partial charge in [0.05, 0.1) is 5.56 Å². The molecule has 0 aromatic heterocycles. The van der Waals surface area contributed by atoms with Crippen molar-refractivity contribution in [3.63, 3.8) is 0 Å². The molecule has 0 saturated heterocycles. The highest BCUT2D eigenvalue weighted by atomic mass is 35.5. The van der Waals surface area contributed by atoms with Crippen molar-refractivity contribution >= 4 is 28.9 Å². The number of unbranched alkanes of at least 4 members (excludes halogenated alkanes) is 1. The van der Waals surface area contributed by atoms with Crippen molar-refractivity contribution < 1.29 is 9.53 Å². The Bertz CT molecular complexity index is 1340. The lowest BCUT2D eigenvalue weighted by atomic mass is 10.0. The van der Waals surface area contributed by atoms with Crippen molar-refractivity contribution in [1.29, 1.82) is 0 Å². The third-order valence-corrected chi connectivity index (χ3v) is 6.88. The van der Waals surface area contributed by atoms with Crippen LogP contribution in [0.5, 0.6) is 5.75 Å². The van der Waals surface area contributed by atoms with Crippen LogP contribution in [0.2, 0.25) is 5.02 Å². The van der Waals surface area contributed by atoms with E-state index in [2.05, 4.69) is 24.4 Å². The van der Waals surface area contributed by atoms with Gasteiger partial charge in [0.2, 0.25) is 0 Å². The number of fused-ring (bicyclic) bond motifs is 1. The topological polar surface area (TPSA) is 41.6 Å². The lowest BCUT2D eigenvalue weighted by Gasteiger charge is -2.38. The van der Waals surface area contributed by atoms with E-state index in [1.807, 2.05) is 89.8 Å². The number of anilines is 2. The SMILES string of the molecule is CCCCc1ccc(N2C(=O)c3ccccc3NC2c2ccc(OCc3ccccc3Cl)cc2)cc1. The highest BCUT2D eigenvalue weighted by Gasteiger charge is 2.34. The van der Waals surface area contributed by atoms with E-state index in [-0.39, 0.29) is 12.1 Å². The lowest BCUT2D eigenvalue weighted by molar-refractivity contribution is 0.0975. The van der Waals surface area contributed by atoms with E-state index < -0.39 is 0 Å². The summed E-state index contributed by atoms with van der Waals surface area (Å²) in [6.45, 7) is 2.59. The molecule has 1 amide bonds. The molecule has 1 N–H and O–H groups in total. The Labute approximate surface area is 217 Å². The number of nitrogens with zero attached hydrogens (tertiary/aromatic N) is 1. The second kappa shape index (κ2) is 10.9. The summed E-state index contributed by atoms with van der Waals surface area (Å²) in [6, 6.07) is 31.6. The number of halogens is 1. The maximum Gasteiger partial charge on any atom is 0.262 e. The van der Waals surface area contributed by atoms with Gasteiger partial charge in [0.1, 0.15) is 18.5 Å². The normalized spacial score (nSPS) is 14.8. The summed E-state index contributed by atoms with van der Waals surface area (Å²) in [5, 5.41) is 4.26. The zero-order valence-electron chi connectivity index (χ0n) is 20.3. The molecule has 0 fully saturated rings. The van der Waals surface area contributed by atoms with Gasteiger partial charge in [-0.15, -0.1) is 0 Å². The molecule has 1 atom stereocenters. The highest BCUT2D eigenvalue weighted by molar-refractivity contribution is 6.31. The molecule has 0 spiro atoms. The maximum atomic E-state index is 13.7. The summed E-state index contributed by atoms with van der Waals surface area (Å²) >= 11 is 6.26. The Morgan fingerprint density at radius 3 is 2.36 bits per heavy atom. The second-order valence-corrected chi connectivity index (χ2v) is 9.39. The number of aryl methyl sites for hydroxylation is 1. The van der Waals surface area contributed by atoms with Crippen LogP contribution in [0.25, 0.3) is 0 Å². The zero-order valence-corrected chi connectivity index (χ0v) is 21.0. The van der Waals surface area contributed by atoms with E-state index in [4.69, 9.17) is 16.3 Å². The Kier molecular flexibility index (Phi) is 7.24. The molecule has 5 rings (SSSR count). The molecule has 4 aromatic rings. The van der Waals surface area contributed by atoms with Crippen molar-refractivity contribution in [3.8, 4) is 5.75 Å². The number of amides is 1. The zero-order chi connectivity index (χ0) is 24.9. The third-order valence-electron chi connectivity index (χ3n) is 6.51. The molecule has 1 aliphatic heterocycles. The van der Waals surface area contributed by atoms with Crippen LogP contribution in [0.3, 0.4) is 0 Å². The van der Waals surface area contributed by atoms with Crippen LogP contribution in [0, 0.1) is 0 Å². The molecule has 4 aromatic carbocycles. The van der Waals surface area contributed by atoms with Crippen LogP contribution in [0.4, 0.5) is 11.4 Å². The minimum Gasteiger partial charge on any atom is -0.489 e. The van der Waals surface area contributed by atoms with Gasteiger partial charge in [0, 0.05) is 22.0 Å². The average molecular weight is 497 g/mol. The predicted octanol–water partition coefficient (Wildman–Crippen LogP) is 8.03. The molecule has 0 bridgehead atoms. The standard InChI is InChI=1S/C31H29ClN2O2/c1-2-3-8-22-13-17-25(18-14-22)34-30(33-29-12-7-5-10-27(29)31(34)35)23-15-19-26(20-16-23)36-21-24-9-4-6-11-28(24)32/h4-7,9-20,30,33H,2-3,8,21H2,1H3. The fraction of sp³-hybridized carbons (Fsp3) is 0.194. The summed E-state index contributed by atoms with van der Waals surface area (Å²) in [6.07, 6.45) is 3.02. The minimum atomic E-state index is -0.341. The van der Waals surface area contributed by atoms with Gasteiger partial charge in [-0.05, 0) is 66.4 Å². The summed E-state index contributed by atoms with van der Waals surface area (Å²) in [4.78, 5) is 15.5. The number of carbonyl (C=O) groups excluding carboxylic acids is 1. The molecule has 4 nitrogen and oxygen atoms in total. The van der Waals surface area contributed by atoms with Crippen LogP contribution in [0.1, 0.15) is 53.0 Å². The fourth-order valence-electron chi connectivity index (χ4n) is 4.48. The van der Waals surface area contributed by atoms with Crippen molar-refractivity contribution in [3.05, 3.63) is 124 Å². The van der Waals surface area contributed by atoms with Crippen LogP contribution in [-0.4, -0.2) is 5.91 Å². The van der Waals surface area contributed by atoms with Gasteiger partial charge in [0.25, 0.3) is 5.91 Å². The summed E-state index contributed by atoms with van der Waals surface area (Å²) in [7, 11) is 0. The van der Waals surface area contributed by atoms with Gasteiger partial charge in [-0.1, -0.05) is 79.5 Å². The predicted molar refractivity (Wildman–Crippen MR) is 147 cm³/mol. The van der Waals surface area contributed by atoms with E-state index in [1.165, 1.54) is 5.56 Å². The number of carbonyl (C=O) groups is 1. The van der Waals surface area contributed by atoms with Crippen LogP contribution in [0.15, 0.2) is 97.1 Å². The van der Waals surface area contributed by atoms with E-state index >= 15 is 0 Å². The smallest absolute Gasteiger partial charge is 0.262 e. The second-order valence-electron chi connectivity index (χ2n) is 8.99. The molecule has 0 saturated carbocycles. The first-order valence-corrected chi connectivity index (χ1v) is 12.8. The molecule has 0 aliphatic carbocycles. The molecule has 1 aliphatic rings. The van der Waals surface area contributed by atoms with Gasteiger partial charge < -0.3 is 10.1 Å². The van der Waals surface area contributed by atoms with Crippen LogP contribution >= 0.6 is 11.6 Å². The van der Waals surface area contributed by atoms with Crippen molar-refractivity contribution in [2.24, 2.45) is 0 Å². The Morgan fingerprint density at radius 1 is 0.889 bits per heavy atom. The monoisotopic (exact) mass is 496 g/mol. The molecule has 36 heavy (non-hydrogen) atoms. The molecular weight excluding hydrogens is 468 g/mol. The first-order valence-electron chi connectivity index (χ1n) is 12.4. The highest BCUT2D eigenvalue weighted by Crippen LogP contribution is 2.37.